The van der Waals surface area contributed by atoms with Gasteiger partial charge in [0, 0.05) is 30.5 Å². The highest BCUT2D eigenvalue weighted by molar-refractivity contribution is 5.77. The van der Waals surface area contributed by atoms with Crippen LogP contribution in [0.4, 0.5) is 0 Å². The Morgan fingerprint density at radius 1 is 0.825 bits per heavy atom. The molecule has 6 heteroatoms. The molecule has 0 aromatic heterocycles. The van der Waals surface area contributed by atoms with Gasteiger partial charge in [-0.05, 0) is 59.7 Å². The zero-order valence-electron chi connectivity index (χ0n) is 24.7. The van der Waals surface area contributed by atoms with Crippen LogP contribution < -0.4 is 5.32 Å². The summed E-state index contributed by atoms with van der Waals surface area (Å²) in [7, 11) is 0. The maximum absolute atomic E-state index is 12.1. The van der Waals surface area contributed by atoms with Gasteiger partial charge in [0.2, 0.25) is 0 Å². The number of benzene rings is 3. The molecular weight excluding hydrogens is 500 g/mol. The summed E-state index contributed by atoms with van der Waals surface area (Å²) in [4.78, 5) is 25.3. The van der Waals surface area contributed by atoms with Gasteiger partial charge in [0.15, 0.2) is 0 Å². The second-order valence-electron chi connectivity index (χ2n) is 12.6. The van der Waals surface area contributed by atoms with Crippen LogP contribution in [-0.2, 0) is 27.0 Å². The predicted octanol–water partition coefficient (Wildman–Crippen LogP) is 6.22. The Bertz CT molecular complexity index is 1400. The van der Waals surface area contributed by atoms with E-state index < -0.39 is 24.0 Å². The van der Waals surface area contributed by atoms with Crippen molar-refractivity contribution in [1.29, 1.82) is 0 Å². The van der Waals surface area contributed by atoms with E-state index in [0.717, 1.165) is 28.8 Å². The van der Waals surface area contributed by atoms with E-state index in [4.69, 9.17) is 5.11 Å². The standard InChI is InChI=1S/C22H27NO2.C12H15NO2/c1-14-10-15(2)18(16(3)11-14)12-23-13-22(4,5)19-9-7-6-8-17(19)20(23)21(24)25;1-12(2)7-13-10(11(14)15)8-5-3-4-6-9(8)12/h6-11,20H,12-13H2,1-5H3,(H,24,25);3-6,10,13H,7H2,1-2H3,(H,14,15). The van der Waals surface area contributed by atoms with Crippen molar-refractivity contribution in [3.05, 3.63) is 105 Å². The summed E-state index contributed by atoms with van der Waals surface area (Å²) in [5, 5.41) is 22.1. The number of hydrogen-bond donors (Lipinski definition) is 3. The van der Waals surface area contributed by atoms with Crippen molar-refractivity contribution < 1.29 is 19.8 Å². The van der Waals surface area contributed by atoms with Crippen molar-refractivity contribution in [1.82, 2.24) is 10.2 Å². The topological polar surface area (TPSA) is 89.9 Å². The number of aliphatic carboxylic acids is 2. The minimum Gasteiger partial charge on any atom is -0.480 e. The largest absolute Gasteiger partial charge is 0.480 e. The van der Waals surface area contributed by atoms with Gasteiger partial charge in [-0.3, -0.25) is 19.8 Å². The molecule has 2 aliphatic rings. The number of rotatable bonds is 4. The van der Waals surface area contributed by atoms with E-state index in [2.05, 4.69) is 76.9 Å². The predicted molar refractivity (Wildman–Crippen MR) is 159 cm³/mol. The zero-order chi connectivity index (χ0) is 29.4. The zero-order valence-corrected chi connectivity index (χ0v) is 24.7. The minimum atomic E-state index is -0.807. The lowest BCUT2D eigenvalue weighted by atomic mass is 9.75. The first-order chi connectivity index (χ1) is 18.7. The Labute approximate surface area is 238 Å². The monoisotopic (exact) mass is 542 g/mol. The van der Waals surface area contributed by atoms with E-state index in [0.29, 0.717) is 13.1 Å². The second kappa shape index (κ2) is 11.2. The fourth-order valence-electron chi connectivity index (χ4n) is 6.48. The summed E-state index contributed by atoms with van der Waals surface area (Å²) < 4.78 is 0. The summed E-state index contributed by atoms with van der Waals surface area (Å²) in [5.41, 5.74) is 8.99. The highest BCUT2D eigenvalue weighted by Crippen LogP contribution is 2.41. The van der Waals surface area contributed by atoms with Gasteiger partial charge in [-0.25, -0.2) is 0 Å². The summed E-state index contributed by atoms with van der Waals surface area (Å²) in [6.45, 7) is 17.1. The van der Waals surface area contributed by atoms with Crippen molar-refractivity contribution >= 4 is 11.9 Å². The van der Waals surface area contributed by atoms with Crippen LogP contribution >= 0.6 is 0 Å². The van der Waals surface area contributed by atoms with E-state index in [-0.39, 0.29) is 10.8 Å². The van der Waals surface area contributed by atoms with Crippen LogP contribution in [0.5, 0.6) is 0 Å². The molecule has 3 aromatic rings. The Kier molecular flexibility index (Phi) is 8.25. The van der Waals surface area contributed by atoms with Crippen LogP contribution in [0.2, 0.25) is 0 Å². The first-order valence-electron chi connectivity index (χ1n) is 13.9. The Morgan fingerprint density at radius 3 is 1.90 bits per heavy atom. The van der Waals surface area contributed by atoms with E-state index in [9.17, 15) is 14.7 Å². The van der Waals surface area contributed by atoms with Crippen molar-refractivity contribution in [2.24, 2.45) is 0 Å². The molecule has 0 radical (unpaired) electrons. The van der Waals surface area contributed by atoms with Gasteiger partial charge in [-0.2, -0.15) is 0 Å². The summed E-state index contributed by atoms with van der Waals surface area (Å²) >= 11 is 0. The van der Waals surface area contributed by atoms with Gasteiger partial charge in [0.05, 0.1) is 0 Å². The third kappa shape index (κ3) is 5.84. The molecule has 0 amide bonds. The fourth-order valence-corrected chi connectivity index (χ4v) is 6.48. The molecule has 212 valence electrons. The smallest absolute Gasteiger partial charge is 0.325 e. The minimum absolute atomic E-state index is 0.00252. The van der Waals surface area contributed by atoms with Crippen LogP contribution in [0.1, 0.15) is 84.3 Å². The molecule has 2 unspecified atom stereocenters. The Balaban J connectivity index is 0.000000210. The summed E-state index contributed by atoms with van der Waals surface area (Å²) in [6, 6.07) is 19.0. The van der Waals surface area contributed by atoms with Crippen molar-refractivity contribution in [3.8, 4) is 0 Å². The number of carboxylic acids is 2. The van der Waals surface area contributed by atoms with E-state index in [1.54, 1.807) is 0 Å². The van der Waals surface area contributed by atoms with Crippen LogP contribution in [0.25, 0.3) is 0 Å². The lowest BCUT2D eigenvalue weighted by molar-refractivity contribution is -0.145. The molecule has 2 atom stereocenters. The molecule has 3 N–H and O–H groups in total. The number of carbonyl (C=O) groups is 2. The summed E-state index contributed by atoms with van der Waals surface area (Å²) in [6.07, 6.45) is 0. The molecule has 2 heterocycles. The van der Waals surface area contributed by atoms with Gasteiger partial charge >= 0.3 is 11.9 Å². The highest BCUT2D eigenvalue weighted by atomic mass is 16.4. The van der Waals surface area contributed by atoms with Crippen LogP contribution in [-0.4, -0.2) is 40.1 Å². The first-order valence-corrected chi connectivity index (χ1v) is 13.9. The van der Waals surface area contributed by atoms with Crippen LogP contribution in [0, 0.1) is 20.8 Å². The second-order valence-corrected chi connectivity index (χ2v) is 12.6. The Hall–Kier alpha value is -3.48. The number of nitrogens with one attached hydrogen (secondary N) is 1. The number of aryl methyl sites for hydroxylation is 3. The van der Waals surface area contributed by atoms with Gasteiger partial charge < -0.3 is 10.2 Å². The highest BCUT2D eigenvalue weighted by Gasteiger charge is 2.41. The van der Waals surface area contributed by atoms with Gasteiger partial charge in [-0.1, -0.05) is 93.9 Å². The molecule has 0 fully saturated rings. The molecule has 0 bridgehead atoms. The maximum atomic E-state index is 12.1. The van der Waals surface area contributed by atoms with Gasteiger partial charge in [-0.15, -0.1) is 0 Å². The molecule has 0 aliphatic carbocycles. The molecule has 2 aliphatic heterocycles. The first kappa shape index (κ1) is 29.5. The van der Waals surface area contributed by atoms with Crippen LogP contribution in [0.15, 0.2) is 60.7 Å². The quantitative estimate of drug-likeness (QED) is 0.362. The number of nitrogens with zero attached hydrogens (tertiary/aromatic N) is 1. The van der Waals surface area contributed by atoms with E-state index in [1.807, 2.05) is 42.5 Å². The Morgan fingerprint density at radius 2 is 1.35 bits per heavy atom. The average Bonchev–Trinajstić information content (AvgIpc) is 2.86. The molecular formula is C34H42N2O4. The summed E-state index contributed by atoms with van der Waals surface area (Å²) in [5.74, 6) is -1.58. The number of hydrogen-bond acceptors (Lipinski definition) is 4. The van der Waals surface area contributed by atoms with E-state index in [1.165, 1.54) is 22.3 Å². The fraction of sp³-hybridized carbons (Fsp3) is 0.412. The van der Waals surface area contributed by atoms with Crippen LogP contribution in [0.3, 0.4) is 0 Å². The third-order valence-electron chi connectivity index (χ3n) is 8.38. The molecule has 6 nitrogen and oxygen atoms in total. The van der Waals surface area contributed by atoms with Gasteiger partial charge in [0.25, 0.3) is 0 Å². The SMILES string of the molecule is CC1(C)CNC(C(=O)O)c2ccccc21.Cc1cc(C)c(CN2CC(C)(C)c3ccccc3C2C(=O)O)c(C)c1. The van der Waals surface area contributed by atoms with Crippen molar-refractivity contribution in [2.75, 3.05) is 13.1 Å². The number of carboxylic acid groups (broad SMARTS) is 2. The van der Waals surface area contributed by atoms with Gasteiger partial charge in [0.1, 0.15) is 12.1 Å². The van der Waals surface area contributed by atoms with E-state index >= 15 is 0 Å². The van der Waals surface area contributed by atoms with Crippen molar-refractivity contribution in [3.63, 3.8) is 0 Å². The molecule has 3 aromatic carbocycles. The third-order valence-corrected chi connectivity index (χ3v) is 8.38. The molecule has 0 saturated heterocycles. The normalized spacial score (nSPS) is 20.9. The molecule has 0 spiro atoms. The molecule has 5 rings (SSSR count). The lowest BCUT2D eigenvalue weighted by Crippen LogP contribution is -2.47. The molecule has 0 saturated carbocycles. The number of fused-ring (bicyclic) bond motifs is 2. The average molecular weight is 543 g/mol. The molecule has 40 heavy (non-hydrogen) atoms. The maximum Gasteiger partial charge on any atom is 0.325 e. The lowest BCUT2D eigenvalue weighted by Gasteiger charge is -2.44. The van der Waals surface area contributed by atoms with Crippen molar-refractivity contribution in [2.45, 2.75) is 77.9 Å².